The number of hydrogen-bond acceptors (Lipinski definition) is 6. The van der Waals surface area contributed by atoms with Crippen LogP contribution in [-0.4, -0.2) is 23.9 Å². The maximum atomic E-state index is 13.9. The standard InChI is InChI=1S/C16H12ClF2N3O2S/c1-7-10(16(23)24-2)13(8-3-4-9(18)12(19)11(8)17)22-14(21-7)15-20-5-6-25-15/h3-6,13H,1-2H3,(H,21,22)/t13-/m0/s1. The zero-order valence-electron chi connectivity index (χ0n) is 13.1. The fraction of sp³-hybridized carbons (Fsp3) is 0.188. The number of carbonyl (C=O) groups is 1. The smallest absolute Gasteiger partial charge is 0.338 e. The largest absolute Gasteiger partial charge is 0.466 e. The van der Waals surface area contributed by atoms with E-state index in [2.05, 4.69) is 15.3 Å². The Morgan fingerprint density at radius 3 is 2.80 bits per heavy atom. The zero-order chi connectivity index (χ0) is 18.1. The number of hydrogen-bond donors (Lipinski definition) is 1. The molecule has 0 amide bonds. The molecule has 1 atom stereocenters. The number of aromatic nitrogens is 1. The van der Waals surface area contributed by atoms with Crippen molar-refractivity contribution in [3.05, 3.63) is 62.2 Å². The second-order valence-corrected chi connectivity index (χ2v) is 6.41. The highest BCUT2D eigenvalue weighted by Crippen LogP contribution is 2.37. The van der Waals surface area contributed by atoms with E-state index < -0.39 is 28.7 Å². The van der Waals surface area contributed by atoms with Gasteiger partial charge in [0.15, 0.2) is 22.5 Å². The molecule has 9 heteroatoms. The van der Waals surface area contributed by atoms with Gasteiger partial charge in [-0.3, -0.25) is 4.99 Å². The van der Waals surface area contributed by atoms with E-state index in [9.17, 15) is 13.6 Å². The minimum atomic E-state index is -1.19. The lowest BCUT2D eigenvalue weighted by atomic mass is 9.95. The van der Waals surface area contributed by atoms with Gasteiger partial charge in [0.25, 0.3) is 0 Å². The van der Waals surface area contributed by atoms with E-state index in [1.54, 1.807) is 18.5 Å². The molecular formula is C16H12ClF2N3O2S. The van der Waals surface area contributed by atoms with Crippen LogP contribution < -0.4 is 5.32 Å². The summed E-state index contributed by atoms with van der Waals surface area (Å²) in [7, 11) is 1.23. The van der Waals surface area contributed by atoms with Gasteiger partial charge in [0, 0.05) is 22.8 Å². The average Bonchev–Trinajstić information content (AvgIpc) is 3.13. The first-order valence-electron chi connectivity index (χ1n) is 7.11. The van der Waals surface area contributed by atoms with Gasteiger partial charge in [-0.05, 0) is 13.0 Å². The van der Waals surface area contributed by atoms with Crippen LogP contribution in [0.4, 0.5) is 8.78 Å². The van der Waals surface area contributed by atoms with Crippen molar-refractivity contribution in [1.82, 2.24) is 10.3 Å². The molecule has 1 aliphatic heterocycles. The van der Waals surface area contributed by atoms with Gasteiger partial charge in [-0.2, -0.15) is 0 Å². The van der Waals surface area contributed by atoms with Crippen LogP contribution in [-0.2, 0) is 9.53 Å². The molecule has 1 aliphatic rings. The molecule has 1 N–H and O–H groups in total. The normalized spacial score (nSPS) is 17.2. The number of methoxy groups -OCH3 is 1. The Labute approximate surface area is 151 Å². The first-order valence-corrected chi connectivity index (χ1v) is 8.37. The van der Waals surface area contributed by atoms with Gasteiger partial charge in [-0.1, -0.05) is 17.7 Å². The molecule has 1 aromatic heterocycles. The molecule has 0 unspecified atom stereocenters. The quantitative estimate of drug-likeness (QED) is 0.649. The number of allylic oxidation sites excluding steroid dienone is 1. The summed E-state index contributed by atoms with van der Waals surface area (Å²) in [6, 6.07) is 1.30. The highest BCUT2D eigenvalue weighted by molar-refractivity contribution is 7.11. The Hall–Kier alpha value is -2.32. The van der Waals surface area contributed by atoms with Crippen molar-refractivity contribution in [2.75, 3.05) is 7.11 Å². The third kappa shape index (κ3) is 3.14. The number of ether oxygens (including phenoxy) is 1. The van der Waals surface area contributed by atoms with E-state index in [0.717, 1.165) is 6.07 Å². The van der Waals surface area contributed by atoms with Gasteiger partial charge < -0.3 is 10.1 Å². The lowest BCUT2D eigenvalue weighted by Gasteiger charge is -2.25. The number of nitrogens with one attached hydrogen (secondary N) is 1. The van der Waals surface area contributed by atoms with E-state index in [1.807, 2.05) is 0 Å². The summed E-state index contributed by atoms with van der Waals surface area (Å²) in [6.07, 6.45) is 1.61. The molecule has 130 valence electrons. The number of halogens is 3. The Bertz CT molecular complexity index is 897. The van der Waals surface area contributed by atoms with Crippen LogP contribution in [0.1, 0.15) is 23.5 Å². The number of benzene rings is 1. The highest BCUT2D eigenvalue weighted by atomic mass is 35.5. The molecule has 3 rings (SSSR count). The van der Waals surface area contributed by atoms with Crippen molar-refractivity contribution in [3.8, 4) is 0 Å². The lowest BCUT2D eigenvalue weighted by Crippen LogP contribution is -2.32. The third-order valence-electron chi connectivity index (χ3n) is 3.64. The van der Waals surface area contributed by atoms with Gasteiger partial charge in [0.2, 0.25) is 0 Å². The zero-order valence-corrected chi connectivity index (χ0v) is 14.7. The predicted octanol–water partition coefficient (Wildman–Crippen LogP) is 3.61. The van der Waals surface area contributed by atoms with Gasteiger partial charge in [0.05, 0.1) is 17.7 Å². The van der Waals surface area contributed by atoms with Crippen LogP contribution in [0.15, 0.2) is 40.0 Å². The minimum Gasteiger partial charge on any atom is -0.466 e. The van der Waals surface area contributed by atoms with Gasteiger partial charge in [0.1, 0.15) is 6.04 Å². The van der Waals surface area contributed by atoms with Crippen LogP contribution in [0.5, 0.6) is 0 Å². The van der Waals surface area contributed by atoms with Gasteiger partial charge in [-0.25, -0.2) is 18.6 Å². The molecular weight excluding hydrogens is 372 g/mol. The van der Waals surface area contributed by atoms with Crippen molar-refractivity contribution in [2.45, 2.75) is 13.0 Å². The van der Waals surface area contributed by atoms with Crippen LogP contribution in [0.25, 0.3) is 0 Å². The van der Waals surface area contributed by atoms with E-state index in [4.69, 9.17) is 16.3 Å². The van der Waals surface area contributed by atoms with Crippen LogP contribution in [0, 0.1) is 11.6 Å². The summed E-state index contributed by atoms with van der Waals surface area (Å²) < 4.78 is 32.1. The molecule has 0 aliphatic carbocycles. The van der Waals surface area contributed by atoms with Crippen molar-refractivity contribution in [2.24, 2.45) is 4.99 Å². The lowest BCUT2D eigenvalue weighted by molar-refractivity contribution is -0.136. The first-order chi connectivity index (χ1) is 11.9. The summed E-state index contributed by atoms with van der Waals surface area (Å²) >= 11 is 7.32. The van der Waals surface area contributed by atoms with E-state index in [1.165, 1.54) is 24.5 Å². The van der Waals surface area contributed by atoms with Crippen LogP contribution >= 0.6 is 22.9 Å². The molecule has 0 fully saturated rings. The summed E-state index contributed by atoms with van der Waals surface area (Å²) in [5.41, 5.74) is 0.796. The number of esters is 1. The maximum Gasteiger partial charge on any atom is 0.338 e. The summed E-state index contributed by atoms with van der Waals surface area (Å²) in [6.45, 7) is 1.66. The second-order valence-electron chi connectivity index (χ2n) is 5.14. The van der Waals surface area contributed by atoms with Crippen molar-refractivity contribution < 1.29 is 18.3 Å². The van der Waals surface area contributed by atoms with Crippen LogP contribution in [0.3, 0.4) is 0 Å². The molecule has 0 bridgehead atoms. The predicted molar refractivity (Wildman–Crippen MR) is 90.6 cm³/mol. The third-order valence-corrected chi connectivity index (χ3v) is 4.81. The molecule has 0 radical (unpaired) electrons. The maximum absolute atomic E-state index is 13.9. The van der Waals surface area contributed by atoms with Crippen molar-refractivity contribution in [1.29, 1.82) is 0 Å². The Morgan fingerprint density at radius 2 is 2.16 bits per heavy atom. The Morgan fingerprint density at radius 1 is 1.40 bits per heavy atom. The minimum absolute atomic E-state index is 0.163. The summed E-state index contributed by atoms with van der Waals surface area (Å²) in [5.74, 6) is -2.50. The fourth-order valence-corrected chi connectivity index (χ4v) is 3.32. The number of aliphatic imine (C=N–C) groups is 1. The average molecular weight is 384 g/mol. The molecule has 0 saturated heterocycles. The summed E-state index contributed by atoms with van der Waals surface area (Å²) in [5, 5.41) is 4.93. The molecule has 2 aromatic rings. The van der Waals surface area contributed by atoms with Gasteiger partial charge in [-0.15, -0.1) is 11.3 Å². The number of thiazole rings is 1. The van der Waals surface area contributed by atoms with Gasteiger partial charge >= 0.3 is 5.97 Å². The van der Waals surface area contributed by atoms with E-state index in [0.29, 0.717) is 16.5 Å². The Balaban J connectivity index is 2.18. The topological polar surface area (TPSA) is 63.6 Å². The first kappa shape index (κ1) is 17.5. The number of amidine groups is 1. The molecule has 25 heavy (non-hydrogen) atoms. The van der Waals surface area contributed by atoms with Crippen molar-refractivity contribution in [3.63, 3.8) is 0 Å². The number of carbonyl (C=O) groups excluding carboxylic acids is 1. The van der Waals surface area contributed by atoms with Crippen LogP contribution in [0.2, 0.25) is 5.02 Å². The monoisotopic (exact) mass is 383 g/mol. The Kier molecular flexibility index (Phi) is 4.82. The summed E-state index contributed by atoms with van der Waals surface area (Å²) in [4.78, 5) is 20.8. The molecule has 2 heterocycles. The van der Waals surface area contributed by atoms with E-state index in [-0.39, 0.29) is 11.1 Å². The molecule has 0 saturated carbocycles. The molecule has 5 nitrogen and oxygen atoms in total. The highest BCUT2D eigenvalue weighted by Gasteiger charge is 2.33. The number of rotatable bonds is 3. The second kappa shape index (κ2) is 6.89. The van der Waals surface area contributed by atoms with Crippen molar-refractivity contribution >= 4 is 34.7 Å². The molecule has 1 aromatic carbocycles. The van der Waals surface area contributed by atoms with E-state index >= 15 is 0 Å². The molecule has 0 spiro atoms. The number of nitrogens with zero attached hydrogens (tertiary/aromatic N) is 2. The fourth-order valence-electron chi connectivity index (χ4n) is 2.48. The SMILES string of the molecule is COC(=O)C1=C(C)NC(c2nccs2)=N[C@H]1c1ccc(F)c(F)c1Cl.